The maximum Gasteiger partial charge on any atom is 0.148 e. The Hall–Kier alpha value is -0.710. The van der Waals surface area contributed by atoms with Crippen molar-refractivity contribution in [2.75, 3.05) is 13.2 Å². The van der Waals surface area contributed by atoms with Crippen LogP contribution < -0.4 is 5.73 Å². The van der Waals surface area contributed by atoms with Crippen LogP contribution in [0.4, 0.5) is 4.39 Å². The lowest BCUT2D eigenvalue weighted by Crippen LogP contribution is -2.38. The molecule has 1 unspecified atom stereocenters. The zero-order chi connectivity index (χ0) is 10.2. The van der Waals surface area contributed by atoms with Crippen molar-refractivity contribution < 1.29 is 9.13 Å². The molecular formula is C9H10ClFN2O. The minimum atomic E-state index is -0.797. The standard InChI is InChI=1S/C9H10ClFN2O/c10-6-3-7(11)8(13-4-6)9(12)1-2-14-5-9/h3-4H,1-2,5,12H2. The number of rotatable bonds is 1. The molecule has 1 aliphatic rings. The van der Waals surface area contributed by atoms with Gasteiger partial charge < -0.3 is 10.5 Å². The van der Waals surface area contributed by atoms with E-state index in [0.29, 0.717) is 19.6 Å². The normalized spacial score (nSPS) is 26.8. The van der Waals surface area contributed by atoms with Crippen LogP contribution in [0, 0.1) is 5.82 Å². The molecule has 76 valence electrons. The van der Waals surface area contributed by atoms with Crippen LogP contribution >= 0.6 is 11.6 Å². The summed E-state index contributed by atoms with van der Waals surface area (Å²) in [4.78, 5) is 3.92. The van der Waals surface area contributed by atoms with Crippen molar-refractivity contribution >= 4 is 11.6 Å². The Morgan fingerprint density at radius 2 is 2.43 bits per heavy atom. The highest BCUT2D eigenvalue weighted by Gasteiger charge is 2.36. The van der Waals surface area contributed by atoms with Gasteiger partial charge in [0, 0.05) is 12.8 Å². The van der Waals surface area contributed by atoms with Crippen LogP contribution in [-0.4, -0.2) is 18.2 Å². The third kappa shape index (κ3) is 1.61. The smallest absolute Gasteiger partial charge is 0.148 e. The van der Waals surface area contributed by atoms with Crippen LogP contribution in [0.25, 0.3) is 0 Å². The van der Waals surface area contributed by atoms with E-state index in [1.807, 2.05) is 0 Å². The van der Waals surface area contributed by atoms with Gasteiger partial charge >= 0.3 is 0 Å². The lowest BCUT2D eigenvalue weighted by molar-refractivity contribution is 0.176. The van der Waals surface area contributed by atoms with Crippen molar-refractivity contribution in [1.29, 1.82) is 0 Å². The lowest BCUT2D eigenvalue weighted by atomic mass is 9.95. The van der Waals surface area contributed by atoms with E-state index < -0.39 is 11.4 Å². The molecule has 0 saturated carbocycles. The zero-order valence-electron chi connectivity index (χ0n) is 7.46. The van der Waals surface area contributed by atoms with Crippen molar-refractivity contribution in [2.45, 2.75) is 12.0 Å². The Balaban J connectivity index is 2.40. The molecule has 0 radical (unpaired) electrons. The summed E-state index contributed by atoms with van der Waals surface area (Å²) in [5.41, 5.74) is 5.40. The molecule has 1 aromatic heterocycles. The molecule has 0 aliphatic carbocycles. The molecule has 0 spiro atoms. The summed E-state index contributed by atoms with van der Waals surface area (Å²) in [6, 6.07) is 1.22. The first-order valence-electron chi connectivity index (χ1n) is 4.30. The second-order valence-electron chi connectivity index (χ2n) is 3.44. The third-order valence-electron chi connectivity index (χ3n) is 2.33. The summed E-state index contributed by atoms with van der Waals surface area (Å²) < 4.78 is 18.6. The Bertz CT molecular complexity index is 353. The fraction of sp³-hybridized carbons (Fsp3) is 0.444. The Labute approximate surface area is 86.0 Å². The molecule has 1 aromatic rings. The summed E-state index contributed by atoms with van der Waals surface area (Å²) in [7, 11) is 0. The van der Waals surface area contributed by atoms with E-state index in [1.54, 1.807) is 0 Å². The molecule has 0 bridgehead atoms. The maximum atomic E-state index is 13.5. The molecule has 1 fully saturated rings. The summed E-state index contributed by atoms with van der Waals surface area (Å²) >= 11 is 5.59. The fourth-order valence-corrected chi connectivity index (χ4v) is 1.69. The molecule has 0 amide bonds. The topological polar surface area (TPSA) is 48.1 Å². The van der Waals surface area contributed by atoms with Crippen LogP contribution in [0.15, 0.2) is 12.3 Å². The second kappa shape index (κ2) is 3.46. The predicted octanol–water partition coefficient (Wildman–Crippen LogP) is 1.45. The number of hydrogen-bond acceptors (Lipinski definition) is 3. The number of hydrogen-bond donors (Lipinski definition) is 1. The van der Waals surface area contributed by atoms with E-state index in [4.69, 9.17) is 22.1 Å². The number of nitrogens with zero attached hydrogens (tertiary/aromatic N) is 1. The highest BCUT2D eigenvalue weighted by molar-refractivity contribution is 6.30. The van der Waals surface area contributed by atoms with Crippen LogP contribution in [-0.2, 0) is 10.3 Å². The number of nitrogens with two attached hydrogens (primary N) is 1. The van der Waals surface area contributed by atoms with Gasteiger partial charge in [-0.05, 0) is 12.5 Å². The average Bonchev–Trinajstić information content (AvgIpc) is 2.52. The molecule has 3 nitrogen and oxygen atoms in total. The number of aromatic nitrogens is 1. The predicted molar refractivity (Wildman–Crippen MR) is 50.5 cm³/mol. The van der Waals surface area contributed by atoms with E-state index in [-0.39, 0.29) is 10.7 Å². The zero-order valence-corrected chi connectivity index (χ0v) is 8.22. The van der Waals surface area contributed by atoms with Crippen molar-refractivity contribution in [3.63, 3.8) is 0 Å². The maximum absolute atomic E-state index is 13.5. The van der Waals surface area contributed by atoms with Crippen molar-refractivity contribution in [3.05, 3.63) is 28.8 Å². The van der Waals surface area contributed by atoms with Gasteiger partial charge in [0.25, 0.3) is 0 Å². The van der Waals surface area contributed by atoms with Gasteiger partial charge in [-0.15, -0.1) is 0 Å². The van der Waals surface area contributed by atoms with Gasteiger partial charge in [-0.2, -0.15) is 0 Å². The second-order valence-corrected chi connectivity index (χ2v) is 3.88. The van der Waals surface area contributed by atoms with Crippen LogP contribution in [0.3, 0.4) is 0 Å². The Morgan fingerprint density at radius 1 is 1.64 bits per heavy atom. The third-order valence-corrected chi connectivity index (χ3v) is 2.54. The van der Waals surface area contributed by atoms with E-state index in [0.717, 1.165) is 0 Å². The van der Waals surface area contributed by atoms with Gasteiger partial charge in [0.1, 0.15) is 5.82 Å². The van der Waals surface area contributed by atoms with E-state index in [1.165, 1.54) is 12.3 Å². The van der Waals surface area contributed by atoms with E-state index >= 15 is 0 Å². The SMILES string of the molecule is NC1(c2ncc(Cl)cc2F)CCOC1. The van der Waals surface area contributed by atoms with Gasteiger partial charge in [0.15, 0.2) is 0 Å². The van der Waals surface area contributed by atoms with Crippen molar-refractivity contribution in [3.8, 4) is 0 Å². The first-order valence-corrected chi connectivity index (χ1v) is 4.68. The minimum absolute atomic E-state index is 0.236. The van der Waals surface area contributed by atoms with E-state index in [9.17, 15) is 4.39 Å². The highest BCUT2D eigenvalue weighted by Crippen LogP contribution is 2.28. The van der Waals surface area contributed by atoms with Crippen molar-refractivity contribution in [2.24, 2.45) is 5.73 Å². The van der Waals surface area contributed by atoms with Gasteiger partial charge in [-0.3, -0.25) is 4.98 Å². The van der Waals surface area contributed by atoms with Crippen molar-refractivity contribution in [1.82, 2.24) is 4.98 Å². The van der Waals surface area contributed by atoms with Gasteiger partial charge in [0.05, 0.1) is 22.9 Å². The van der Waals surface area contributed by atoms with Gasteiger partial charge in [-0.1, -0.05) is 11.6 Å². The molecule has 14 heavy (non-hydrogen) atoms. The highest BCUT2D eigenvalue weighted by atomic mass is 35.5. The quantitative estimate of drug-likeness (QED) is 0.773. The summed E-state index contributed by atoms with van der Waals surface area (Å²) in [5, 5.41) is 0.272. The Kier molecular flexibility index (Phi) is 2.43. The van der Waals surface area contributed by atoms with Crippen LogP contribution in [0.5, 0.6) is 0 Å². The minimum Gasteiger partial charge on any atom is -0.379 e. The summed E-state index contributed by atoms with van der Waals surface area (Å²) in [5.74, 6) is -0.467. The Morgan fingerprint density at radius 3 is 3.00 bits per heavy atom. The molecule has 1 aliphatic heterocycles. The summed E-state index contributed by atoms with van der Waals surface area (Å²) in [6.07, 6.45) is 1.98. The molecular weight excluding hydrogens is 207 g/mol. The molecule has 0 aromatic carbocycles. The van der Waals surface area contributed by atoms with Crippen LogP contribution in [0.2, 0.25) is 5.02 Å². The lowest BCUT2D eigenvalue weighted by Gasteiger charge is -2.21. The van der Waals surface area contributed by atoms with E-state index in [2.05, 4.69) is 4.98 Å². The molecule has 2 heterocycles. The monoisotopic (exact) mass is 216 g/mol. The van der Waals surface area contributed by atoms with Gasteiger partial charge in [0.2, 0.25) is 0 Å². The first kappa shape index (κ1) is 9.83. The summed E-state index contributed by atoms with van der Waals surface area (Å²) in [6.45, 7) is 0.846. The average molecular weight is 217 g/mol. The first-order chi connectivity index (χ1) is 6.62. The van der Waals surface area contributed by atoms with Gasteiger partial charge in [-0.25, -0.2) is 4.39 Å². The molecule has 2 rings (SSSR count). The molecule has 5 heteroatoms. The number of pyridine rings is 1. The number of ether oxygens (including phenoxy) is 1. The largest absolute Gasteiger partial charge is 0.379 e. The number of halogens is 2. The molecule has 1 saturated heterocycles. The van der Waals surface area contributed by atoms with Crippen LogP contribution in [0.1, 0.15) is 12.1 Å². The fourth-order valence-electron chi connectivity index (χ4n) is 1.55. The molecule has 2 N–H and O–H groups in total. The molecule has 1 atom stereocenters.